The number of carbonyl (C=O) groups excluding carboxylic acids is 1. The summed E-state index contributed by atoms with van der Waals surface area (Å²) in [6.45, 7) is 6.47. The largest absolute Gasteiger partial charge is 0.417 e. The molecule has 4 heterocycles. The number of halogens is 5. The SMILES string of the molecule is CC(=O)N1C[C@H](C)N(c2nc(=O)n3c4c(c(-c5ccc(F)cc5F)c(C(F)(F)F)cc24)SCC2(COC2)C3)C[C@H]1C. The summed E-state index contributed by atoms with van der Waals surface area (Å²) in [5, 5.41) is 0.110. The zero-order valence-electron chi connectivity index (χ0n) is 22.5. The fourth-order valence-electron chi connectivity index (χ4n) is 6.11. The Hall–Kier alpha value is -3.19. The van der Waals surface area contributed by atoms with Crippen molar-refractivity contribution in [3.8, 4) is 11.1 Å². The predicted molar refractivity (Wildman–Crippen MR) is 144 cm³/mol. The van der Waals surface area contributed by atoms with E-state index in [-0.39, 0.29) is 52.7 Å². The number of anilines is 1. The number of carbonyl (C=O) groups is 1. The Morgan fingerprint density at radius 2 is 1.85 bits per heavy atom. The summed E-state index contributed by atoms with van der Waals surface area (Å²) in [7, 11) is 0. The monoisotopic (exact) mass is 594 g/mol. The number of hydrogen-bond acceptors (Lipinski definition) is 6. The van der Waals surface area contributed by atoms with E-state index in [2.05, 4.69) is 4.98 Å². The third kappa shape index (κ3) is 4.57. The average Bonchev–Trinajstić information content (AvgIpc) is 3.06. The number of amides is 1. The second kappa shape index (κ2) is 9.69. The number of rotatable bonds is 2. The van der Waals surface area contributed by atoms with Gasteiger partial charge in [-0.2, -0.15) is 18.2 Å². The molecule has 0 saturated carbocycles. The molecule has 2 atom stereocenters. The van der Waals surface area contributed by atoms with Gasteiger partial charge < -0.3 is 14.5 Å². The highest BCUT2D eigenvalue weighted by molar-refractivity contribution is 7.99. The molecule has 0 bridgehead atoms. The van der Waals surface area contributed by atoms with Crippen LogP contribution in [0.15, 0.2) is 34.0 Å². The van der Waals surface area contributed by atoms with E-state index in [9.17, 15) is 27.2 Å². The minimum atomic E-state index is -4.91. The fraction of sp³-hybridized carbons (Fsp3) is 0.464. The van der Waals surface area contributed by atoms with Crippen molar-refractivity contribution in [1.82, 2.24) is 14.5 Å². The van der Waals surface area contributed by atoms with Crippen molar-refractivity contribution in [3.63, 3.8) is 0 Å². The van der Waals surface area contributed by atoms with Crippen LogP contribution in [-0.4, -0.2) is 64.5 Å². The lowest BCUT2D eigenvalue weighted by Crippen LogP contribution is -2.58. The van der Waals surface area contributed by atoms with Gasteiger partial charge in [0.15, 0.2) is 0 Å². The maximum atomic E-state index is 15.2. The lowest BCUT2D eigenvalue weighted by Gasteiger charge is -2.44. The molecule has 3 aliphatic rings. The standard InChI is InChI=1S/C28H27F5N4O3S/c1-14-9-36(15(2)8-35(14)16(3)38)25-19-7-20(28(31,32)33)22(18-5-4-17(29)6-21(18)30)24-23(19)37(26(39)34-25)10-27(13-41-24)11-40-12-27/h4-7,14-15H,8-13H2,1-3H3/t14-,15+/m1/s1. The molecule has 0 aliphatic carbocycles. The van der Waals surface area contributed by atoms with Gasteiger partial charge in [-0.25, -0.2) is 13.6 Å². The van der Waals surface area contributed by atoms with Crippen LogP contribution in [0.2, 0.25) is 0 Å². The third-order valence-electron chi connectivity index (χ3n) is 8.20. The highest BCUT2D eigenvalue weighted by Gasteiger charge is 2.45. The van der Waals surface area contributed by atoms with Crippen LogP contribution < -0.4 is 10.6 Å². The first-order chi connectivity index (χ1) is 19.3. The summed E-state index contributed by atoms with van der Waals surface area (Å²) in [5.74, 6) is -1.76. The molecule has 218 valence electrons. The minimum absolute atomic E-state index is 0.0862. The van der Waals surface area contributed by atoms with Gasteiger partial charge >= 0.3 is 11.9 Å². The Balaban J connectivity index is 1.68. The summed E-state index contributed by atoms with van der Waals surface area (Å²) >= 11 is 1.12. The molecule has 1 amide bonds. The molecule has 41 heavy (non-hydrogen) atoms. The van der Waals surface area contributed by atoms with E-state index in [0.717, 1.165) is 30.0 Å². The number of thioether (sulfide) groups is 1. The zero-order valence-corrected chi connectivity index (χ0v) is 23.3. The van der Waals surface area contributed by atoms with E-state index in [1.807, 2.05) is 13.8 Å². The molecule has 1 spiro atoms. The van der Waals surface area contributed by atoms with Gasteiger partial charge in [0.1, 0.15) is 17.5 Å². The third-order valence-corrected chi connectivity index (χ3v) is 9.64. The second-order valence-electron chi connectivity index (χ2n) is 11.3. The van der Waals surface area contributed by atoms with E-state index in [0.29, 0.717) is 31.6 Å². The second-order valence-corrected chi connectivity index (χ2v) is 12.2. The molecule has 2 saturated heterocycles. The van der Waals surface area contributed by atoms with Crippen molar-refractivity contribution < 1.29 is 31.5 Å². The normalized spacial score (nSPS) is 22.1. The van der Waals surface area contributed by atoms with Gasteiger partial charge in [0.2, 0.25) is 5.91 Å². The van der Waals surface area contributed by atoms with Crippen molar-refractivity contribution in [1.29, 1.82) is 0 Å². The van der Waals surface area contributed by atoms with Crippen molar-refractivity contribution in [3.05, 3.63) is 51.9 Å². The molecular weight excluding hydrogens is 567 g/mol. The Bertz CT molecular complexity index is 1640. The molecule has 0 unspecified atom stereocenters. The smallest absolute Gasteiger partial charge is 0.380 e. The Morgan fingerprint density at radius 1 is 1.12 bits per heavy atom. The number of hydrogen-bond donors (Lipinski definition) is 0. The van der Waals surface area contributed by atoms with Gasteiger partial charge in [-0.05, 0) is 32.0 Å². The molecule has 6 rings (SSSR count). The van der Waals surface area contributed by atoms with Crippen LogP contribution in [-0.2, 0) is 22.3 Å². The summed E-state index contributed by atoms with van der Waals surface area (Å²) in [6, 6.07) is 2.77. The first-order valence-corrected chi connectivity index (χ1v) is 14.2. The fourth-order valence-corrected chi connectivity index (χ4v) is 7.54. The van der Waals surface area contributed by atoms with Crippen LogP contribution in [0.5, 0.6) is 0 Å². The molecule has 7 nitrogen and oxygen atoms in total. The summed E-state index contributed by atoms with van der Waals surface area (Å²) in [4.78, 5) is 33.7. The number of nitrogens with zero attached hydrogens (tertiary/aromatic N) is 4. The van der Waals surface area contributed by atoms with Crippen molar-refractivity contribution in [2.45, 2.75) is 50.5 Å². The average molecular weight is 595 g/mol. The number of ether oxygens (including phenoxy) is 1. The van der Waals surface area contributed by atoms with Gasteiger partial charge in [0.25, 0.3) is 0 Å². The van der Waals surface area contributed by atoms with Crippen LogP contribution in [0.4, 0.5) is 27.8 Å². The van der Waals surface area contributed by atoms with Crippen molar-refractivity contribution in [2.75, 3.05) is 37.0 Å². The van der Waals surface area contributed by atoms with Crippen LogP contribution in [0.3, 0.4) is 0 Å². The quantitative estimate of drug-likeness (QED) is 0.393. The van der Waals surface area contributed by atoms with E-state index < -0.39 is 45.6 Å². The molecule has 0 radical (unpaired) electrons. The van der Waals surface area contributed by atoms with Crippen molar-refractivity contribution in [2.24, 2.45) is 5.41 Å². The zero-order chi connectivity index (χ0) is 29.4. The first-order valence-electron chi connectivity index (χ1n) is 13.2. The first kappa shape index (κ1) is 28.0. The molecule has 2 aromatic carbocycles. The number of alkyl halides is 3. The molecule has 0 N–H and O–H groups in total. The van der Waals surface area contributed by atoms with Crippen molar-refractivity contribution >= 4 is 34.4 Å². The van der Waals surface area contributed by atoms with Crippen LogP contribution in [0.1, 0.15) is 26.3 Å². The summed E-state index contributed by atoms with van der Waals surface area (Å²) < 4.78 is 80.2. The number of piperazine rings is 1. The van der Waals surface area contributed by atoms with Crippen LogP contribution in [0.25, 0.3) is 22.0 Å². The summed E-state index contributed by atoms with van der Waals surface area (Å²) in [6.07, 6.45) is -4.91. The topological polar surface area (TPSA) is 67.7 Å². The Morgan fingerprint density at radius 3 is 2.46 bits per heavy atom. The van der Waals surface area contributed by atoms with E-state index >= 15 is 4.39 Å². The molecular formula is C28H27F5N4O3S. The van der Waals surface area contributed by atoms with Gasteiger partial charge in [-0.3, -0.25) is 9.36 Å². The Kier molecular flexibility index (Phi) is 6.60. The summed E-state index contributed by atoms with van der Waals surface area (Å²) in [5.41, 5.74) is -2.85. The lowest BCUT2D eigenvalue weighted by molar-refractivity contribution is -0.137. The van der Waals surface area contributed by atoms with Gasteiger partial charge in [-0.1, -0.05) is 0 Å². The number of aromatic nitrogens is 2. The Labute approximate surface area is 236 Å². The molecule has 3 aromatic rings. The van der Waals surface area contributed by atoms with E-state index in [4.69, 9.17) is 4.74 Å². The number of benzene rings is 2. The van der Waals surface area contributed by atoms with E-state index in [1.165, 1.54) is 11.5 Å². The highest BCUT2D eigenvalue weighted by Crippen LogP contribution is 2.51. The van der Waals surface area contributed by atoms with Crippen LogP contribution >= 0.6 is 11.8 Å². The van der Waals surface area contributed by atoms with Crippen LogP contribution in [0, 0.1) is 17.0 Å². The maximum absolute atomic E-state index is 15.2. The van der Waals surface area contributed by atoms with Gasteiger partial charge in [0.05, 0.1) is 24.3 Å². The van der Waals surface area contributed by atoms with Gasteiger partial charge in [-0.15, -0.1) is 11.8 Å². The minimum Gasteiger partial charge on any atom is -0.380 e. The predicted octanol–water partition coefficient (Wildman–Crippen LogP) is 4.93. The molecule has 1 aromatic heterocycles. The highest BCUT2D eigenvalue weighted by atomic mass is 32.2. The lowest BCUT2D eigenvalue weighted by atomic mass is 9.88. The molecule has 13 heteroatoms. The van der Waals surface area contributed by atoms with E-state index in [1.54, 1.807) is 9.80 Å². The van der Waals surface area contributed by atoms with Gasteiger partial charge in [0, 0.05) is 77.3 Å². The molecule has 3 aliphatic heterocycles. The maximum Gasteiger partial charge on any atom is 0.417 e. The molecule has 2 fully saturated rings.